The fourth-order valence-electron chi connectivity index (χ4n) is 5.89. The summed E-state index contributed by atoms with van der Waals surface area (Å²) in [5.74, 6) is 3.01. The van der Waals surface area contributed by atoms with E-state index in [-0.39, 0.29) is 24.7 Å². The molecule has 0 saturated carbocycles. The summed E-state index contributed by atoms with van der Waals surface area (Å²) in [7, 11) is 5.15. The lowest BCUT2D eigenvalue weighted by Crippen LogP contribution is -2.51. The van der Waals surface area contributed by atoms with E-state index in [4.69, 9.17) is 28.4 Å². The highest BCUT2D eigenvalue weighted by Gasteiger charge is 2.36. The van der Waals surface area contributed by atoms with Crippen LogP contribution in [-0.2, 0) is 16.1 Å². The minimum atomic E-state index is -0.597. The van der Waals surface area contributed by atoms with E-state index in [1.165, 1.54) is 0 Å². The van der Waals surface area contributed by atoms with Gasteiger partial charge < -0.3 is 44.2 Å². The molecule has 46 heavy (non-hydrogen) atoms. The lowest BCUT2D eigenvalue weighted by atomic mass is 9.85. The number of piperidine rings is 1. The number of ether oxygens (including phenoxy) is 6. The van der Waals surface area contributed by atoms with Gasteiger partial charge in [0.15, 0.2) is 11.5 Å². The fraction of sp³-hybridized carbons (Fsp3) is 0.405. The van der Waals surface area contributed by atoms with E-state index in [2.05, 4.69) is 41.0 Å². The summed E-state index contributed by atoms with van der Waals surface area (Å²) >= 11 is 0. The standard InChI is InChI=1S/C37H46N2O7/c1-38-21-29(40)25-46-36-23-39-22-35(45-24-26-19-28-9-4-5-10-31(28)34(20-26)42-3)37(36)27-13-15-30(16-14-27)43-17-8-18-44-33-12-7-6-11-32(33)41-2/h4-7,9-16,19-20,29,35-40H,8,17-18,21-25H2,1-3H3/t29?,35-,36-,37-/m1/s1. The van der Waals surface area contributed by atoms with Crippen molar-refractivity contribution in [2.75, 3.05) is 60.7 Å². The second kappa shape index (κ2) is 17.2. The molecule has 0 aromatic heterocycles. The number of benzene rings is 4. The molecule has 9 heteroatoms. The summed E-state index contributed by atoms with van der Waals surface area (Å²) in [6, 6.07) is 28.2. The molecule has 0 amide bonds. The first-order valence-corrected chi connectivity index (χ1v) is 15.9. The summed E-state index contributed by atoms with van der Waals surface area (Å²) in [5.41, 5.74) is 2.14. The number of nitrogens with one attached hydrogen (secondary N) is 2. The Morgan fingerprint density at radius 2 is 1.50 bits per heavy atom. The van der Waals surface area contributed by atoms with E-state index in [1.54, 1.807) is 14.2 Å². The molecule has 9 nitrogen and oxygen atoms in total. The molecule has 246 valence electrons. The summed E-state index contributed by atoms with van der Waals surface area (Å²) < 4.78 is 35.9. The van der Waals surface area contributed by atoms with Crippen LogP contribution in [0.1, 0.15) is 23.5 Å². The van der Waals surface area contributed by atoms with Crippen molar-refractivity contribution in [3.05, 3.63) is 96.1 Å². The maximum Gasteiger partial charge on any atom is 0.161 e. The van der Waals surface area contributed by atoms with Crippen LogP contribution in [0.5, 0.6) is 23.0 Å². The second-order valence-electron chi connectivity index (χ2n) is 11.4. The molecular weight excluding hydrogens is 584 g/mol. The van der Waals surface area contributed by atoms with Crippen molar-refractivity contribution >= 4 is 10.8 Å². The Labute approximate surface area is 271 Å². The third kappa shape index (κ3) is 8.90. The third-order valence-corrected chi connectivity index (χ3v) is 8.15. The van der Waals surface area contributed by atoms with Crippen molar-refractivity contribution in [1.29, 1.82) is 0 Å². The molecule has 1 heterocycles. The Balaban J connectivity index is 1.24. The molecule has 1 fully saturated rings. The number of hydrogen-bond donors (Lipinski definition) is 3. The van der Waals surface area contributed by atoms with Crippen LogP contribution >= 0.6 is 0 Å². The first-order chi connectivity index (χ1) is 22.6. The molecule has 0 spiro atoms. The predicted octanol–water partition coefficient (Wildman–Crippen LogP) is 4.94. The normalized spacial score (nSPS) is 18.7. The van der Waals surface area contributed by atoms with Crippen molar-refractivity contribution in [2.24, 2.45) is 0 Å². The molecule has 0 radical (unpaired) electrons. The monoisotopic (exact) mass is 630 g/mol. The molecule has 4 atom stereocenters. The van der Waals surface area contributed by atoms with Gasteiger partial charge in [-0.2, -0.15) is 0 Å². The number of para-hydroxylation sites is 2. The van der Waals surface area contributed by atoms with Crippen molar-refractivity contribution in [3.63, 3.8) is 0 Å². The molecule has 5 rings (SSSR count). The van der Waals surface area contributed by atoms with E-state index < -0.39 is 6.10 Å². The molecule has 1 aliphatic rings. The number of aliphatic hydroxyl groups excluding tert-OH is 1. The highest BCUT2D eigenvalue weighted by molar-refractivity contribution is 5.89. The molecule has 4 aromatic carbocycles. The summed E-state index contributed by atoms with van der Waals surface area (Å²) in [4.78, 5) is 0. The average molecular weight is 631 g/mol. The summed E-state index contributed by atoms with van der Waals surface area (Å²) in [5, 5.41) is 19.0. The second-order valence-corrected chi connectivity index (χ2v) is 11.4. The first-order valence-electron chi connectivity index (χ1n) is 15.9. The van der Waals surface area contributed by atoms with Crippen LogP contribution in [0.15, 0.2) is 84.9 Å². The number of hydrogen-bond acceptors (Lipinski definition) is 9. The van der Waals surface area contributed by atoms with Crippen LogP contribution in [0.25, 0.3) is 10.8 Å². The zero-order valence-electron chi connectivity index (χ0n) is 26.9. The summed E-state index contributed by atoms with van der Waals surface area (Å²) in [6.45, 7) is 3.51. The van der Waals surface area contributed by atoms with Gasteiger partial charge in [0, 0.05) is 37.4 Å². The Bertz CT molecular complexity index is 1500. The van der Waals surface area contributed by atoms with E-state index in [0.717, 1.165) is 51.3 Å². The maximum atomic E-state index is 10.4. The van der Waals surface area contributed by atoms with E-state index in [9.17, 15) is 5.11 Å². The van der Waals surface area contributed by atoms with Crippen molar-refractivity contribution in [2.45, 2.75) is 37.3 Å². The van der Waals surface area contributed by atoms with Gasteiger partial charge in [-0.1, -0.05) is 48.5 Å². The van der Waals surface area contributed by atoms with Gasteiger partial charge >= 0.3 is 0 Å². The molecule has 0 bridgehead atoms. The van der Waals surface area contributed by atoms with Gasteiger partial charge in [-0.05, 0) is 60.0 Å². The van der Waals surface area contributed by atoms with Crippen molar-refractivity contribution in [3.8, 4) is 23.0 Å². The van der Waals surface area contributed by atoms with Crippen LogP contribution in [0.3, 0.4) is 0 Å². The Morgan fingerprint density at radius 1 is 0.804 bits per heavy atom. The number of fused-ring (bicyclic) bond motifs is 1. The van der Waals surface area contributed by atoms with Crippen LogP contribution in [0.2, 0.25) is 0 Å². The average Bonchev–Trinajstić information content (AvgIpc) is 3.10. The minimum absolute atomic E-state index is 0.0475. The number of rotatable bonds is 17. The first kappa shape index (κ1) is 33.5. The maximum absolute atomic E-state index is 10.4. The molecule has 1 aliphatic heterocycles. The smallest absolute Gasteiger partial charge is 0.161 e. The number of methoxy groups -OCH3 is 2. The third-order valence-electron chi connectivity index (χ3n) is 8.15. The van der Waals surface area contributed by atoms with Crippen LogP contribution in [-0.4, -0.2) is 84.1 Å². The van der Waals surface area contributed by atoms with E-state index in [0.29, 0.717) is 39.5 Å². The summed E-state index contributed by atoms with van der Waals surface area (Å²) in [6.07, 6.45) is -0.208. The predicted molar refractivity (Wildman–Crippen MR) is 179 cm³/mol. The highest BCUT2D eigenvalue weighted by atomic mass is 16.5. The molecule has 3 N–H and O–H groups in total. The van der Waals surface area contributed by atoms with E-state index >= 15 is 0 Å². The van der Waals surface area contributed by atoms with Crippen LogP contribution in [0.4, 0.5) is 0 Å². The largest absolute Gasteiger partial charge is 0.496 e. The Morgan fingerprint density at radius 3 is 2.26 bits per heavy atom. The quantitative estimate of drug-likeness (QED) is 0.140. The van der Waals surface area contributed by atoms with Gasteiger partial charge in [-0.25, -0.2) is 0 Å². The van der Waals surface area contributed by atoms with Gasteiger partial charge in [0.05, 0.1) is 59.0 Å². The van der Waals surface area contributed by atoms with E-state index in [1.807, 2.05) is 61.6 Å². The van der Waals surface area contributed by atoms with Crippen LogP contribution < -0.4 is 29.6 Å². The van der Waals surface area contributed by atoms with Gasteiger partial charge in [-0.15, -0.1) is 0 Å². The molecule has 1 saturated heterocycles. The zero-order chi connectivity index (χ0) is 32.1. The SMILES string of the molecule is CNCC(O)CO[C@@H]1CNC[C@@H](OCc2cc(OC)c3ccccc3c2)[C@H]1c1ccc(OCCCOc2ccccc2OC)cc1. The topological polar surface area (TPSA) is 99.7 Å². The molecular formula is C37H46N2O7. The Kier molecular flexibility index (Phi) is 12.5. The highest BCUT2D eigenvalue weighted by Crippen LogP contribution is 2.33. The van der Waals surface area contributed by atoms with Crippen LogP contribution in [0, 0.1) is 0 Å². The Hall–Kier alpha value is -3.86. The van der Waals surface area contributed by atoms with Gasteiger partial charge in [0.1, 0.15) is 11.5 Å². The molecule has 4 aromatic rings. The van der Waals surface area contributed by atoms with Gasteiger partial charge in [0.2, 0.25) is 0 Å². The zero-order valence-corrected chi connectivity index (χ0v) is 26.9. The van der Waals surface area contributed by atoms with Gasteiger partial charge in [-0.3, -0.25) is 0 Å². The van der Waals surface area contributed by atoms with Gasteiger partial charge in [0.25, 0.3) is 0 Å². The number of aliphatic hydroxyl groups is 1. The minimum Gasteiger partial charge on any atom is -0.496 e. The fourth-order valence-corrected chi connectivity index (χ4v) is 5.89. The molecule has 1 unspecified atom stereocenters. The molecule has 0 aliphatic carbocycles. The lowest BCUT2D eigenvalue weighted by molar-refractivity contribution is -0.0769. The van der Waals surface area contributed by atoms with Crippen molar-refractivity contribution in [1.82, 2.24) is 10.6 Å². The number of likely N-dealkylation sites (N-methyl/N-ethyl adjacent to an activating group) is 1. The van der Waals surface area contributed by atoms with Crippen molar-refractivity contribution < 1.29 is 33.5 Å². The lowest BCUT2D eigenvalue weighted by Gasteiger charge is -2.39.